The number of hydrogen-bond acceptors (Lipinski definition) is 2. The first-order valence-corrected chi connectivity index (χ1v) is 10.9. The monoisotopic (exact) mass is 386 g/mol. The molecule has 1 rings (SSSR count). The van der Waals surface area contributed by atoms with E-state index in [1.807, 2.05) is 11.0 Å². The lowest BCUT2D eigenvalue weighted by Crippen LogP contribution is -2.46. The van der Waals surface area contributed by atoms with Crippen molar-refractivity contribution in [3.8, 4) is 0 Å². The van der Waals surface area contributed by atoms with Crippen molar-refractivity contribution in [2.45, 2.75) is 73.1 Å². The maximum absolute atomic E-state index is 12.3. The Labute approximate surface area is 173 Å². The van der Waals surface area contributed by atoms with Crippen LogP contribution in [0.3, 0.4) is 0 Å². The van der Waals surface area contributed by atoms with E-state index < -0.39 is 0 Å². The average Bonchev–Trinajstić information content (AvgIpc) is 2.61. The molecule has 0 aromatic rings. The normalized spacial score (nSPS) is 17.1. The van der Waals surface area contributed by atoms with Crippen LogP contribution in [-0.4, -0.2) is 48.9 Å². The van der Waals surface area contributed by atoms with Gasteiger partial charge in [0.1, 0.15) is 0 Å². The molecule has 0 saturated carbocycles. The zero-order chi connectivity index (χ0) is 20.9. The van der Waals surface area contributed by atoms with Crippen molar-refractivity contribution >= 4 is 5.91 Å². The molecular weight excluding hydrogens is 344 g/mol. The highest BCUT2D eigenvalue weighted by Gasteiger charge is 2.17. The van der Waals surface area contributed by atoms with Crippen molar-refractivity contribution < 1.29 is 4.79 Å². The second-order valence-electron chi connectivity index (χ2n) is 8.62. The van der Waals surface area contributed by atoms with E-state index in [2.05, 4.69) is 64.8 Å². The van der Waals surface area contributed by atoms with Gasteiger partial charge < -0.3 is 9.80 Å². The third-order valence-electron chi connectivity index (χ3n) is 5.34. The number of nitrogens with zero attached hydrogens (tertiary/aromatic N) is 2. The number of piperazine rings is 1. The van der Waals surface area contributed by atoms with Crippen LogP contribution in [-0.2, 0) is 4.79 Å². The molecule has 0 bridgehead atoms. The van der Waals surface area contributed by atoms with Crippen LogP contribution >= 0.6 is 0 Å². The minimum Gasteiger partial charge on any atom is -0.337 e. The third-order valence-corrected chi connectivity index (χ3v) is 5.34. The Morgan fingerprint density at radius 1 is 0.714 bits per heavy atom. The number of carbonyl (C=O) groups is 1. The lowest BCUT2D eigenvalue weighted by molar-refractivity contribution is -0.127. The largest absolute Gasteiger partial charge is 0.337 e. The molecule has 0 N–H and O–H groups in total. The molecule has 0 aromatic heterocycles. The molecule has 158 valence electrons. The summed E-state index contributed by atoms with van der Waals surface area (Å²) in [6, 6.07) is 0. The molecule has 0 unspecified atom stereocenters. The molecular formula is C25H42N2O. The Kier molecular flexibility index (Phi) is 11.8. The Morgan fingerprint density at radius 3 is 1.68 bits per heavy atom. The summed E-state index contributed by atoms with van der Waals surface area (Å²) >= 11 is 0. The van der Waals surface area contributed by atoms with Gasteiger partial charge in [0.05, 0.1) is 0 Å². The van der Waals surface area contributed by atoms with Crippen LogP contribution in [0.4, 0.5) is 0 Å². The summed E-state index contributed by atoms with van der Waals surface area (Å²) in [4.78, 5) is 16.6. The molecule has 1 saturated heterocycles. The summed E-state index contributed by atoms with van der Waals surface area (Å²) in [6.07, 6.45) is 15.4. The van der Waals surface area contributed by atoms with Crippen molar-refractivity contribution in [1.29, 1.82) is 0 Å². The summed E-state index contributed by atoms with van der Waals surface area (Å²) in [5.41, 5.74) is 5.53. The molecule has 0 radical (unpaired) electrons. The molecule has 1 fully saturated rings. The van der Waals surface area contributed by atoms with Gasteiger partial charge in [0.15, 0.2) is 0 Å². The fourth-order valence-corrected chi connectivity index (χ4v) is 3.29. The van der Waals surface area contributed by atoms with Gasteiger partial charge in [-0.1, -0.05) is 40.5 Å². The molecule has 1 amide bonds. The van der Waals surface area contributed by atoms with Gasteiger partial charge in [-0.05, 0) is 80.2 Å². The standard InChI is InChI=1S/C25H42N2O/c1-21(2)10-7-11-22(3)12-8-13-23(4)14-9-15-24(5)20-25(28)27-18-16-26(6)17-19-27/h10,12,14,20H,7-9,11,13,15-19H2,1-6H3. The van der Waals surface area contributed by atoms with E-state index in [9.17, 15) is 4.79 Å². The van der Waals surface area contributed by atoms with E-state index in [4.69, 9.17) is 0 Å². The number of carbonyl (C=O) groups excluding carboxylic acids is 1. The van der Waals surface area contributed by atoms with Gasteiger partial charge in [0, 0.05) is 32.3 Å². The highest BCUT2D eigenvalue weighted by molar-refractivity contribution is 5.88. The van der Waals surface area contributed by atoms with Crippen molar-refractivity contribution in [3.63, 3.8) is 0 Å². The lowest BCUT2D eigenvalue weighted by Gasteiger charge is -2.31. The zero-order valence-corrected chi connectivity index (χ0v) is 19.2. The van der Waals surface area contributed by atoms with E-state index in [1.165, 1.54) is 28.7 Å². The van der Waals surface area contributed by atoms with Gasteiger partial charge in [-0.2, -0.15) is 0 Å². The van der Waals surface area contributed by atoms with Gasteiger partial charge in [-0.25, -0.2) is 0 Å². The Balaban J connectivity index is 2.29. The summed E-state index contributed by atoms with van der Waals surface area (Å²) in [5.74, 6) is 0.181. The van der Waals surface area contributed by atoms with Crippen molar-refractivity contribution in [3.05, 3.63) is 46.6 Å². The fraction of sp³-hybridized carbons (Fsp3) is 0.640. The first kappa shape index (κ1) is 24.4. The molecule has 3 heteroatoms. The predicted molar refractivity (Wildman–Crippen MR) is 122 cm³/mol. The SMILES string of the molecule is CC(C)=CCCC(C)=CCCC(C)=CCCC(C)=CC(=O)N1CCN(C)CC1. The van der Waals surface area contributed by atoms with Crippen LogP contribution in [0.1, 0.15) is 73.1 Å². The van der Waals surface area contributed by atoms with Crippen LogP contribution in [0.5, 0.6) is 0 Å². The number of hydrogen-bond donors (Lipinski definition) is 0. The number of rotatable bonds is 10. The molecule has 1 aliphatic rings. The van der Waals surface area contributed by atoms with Crippen molar-refractivity contribution in [2.24, 2.45) is 0 Å². The topological polar surface area (TPSA) is 23.6 Å². The summed E-state index contributed by atoms with van der Waals surface area (Å²) in [7, 11) is 2.11. The highest BCUT2D eigenvalue weighted by Crippen LogP contribution is 2.14. The lowest BCUT2D eigenvalue weighted by atomic mass is 10.0. The van der Waals surface area contributed by atoms with Crippen molar-refractivity contribution in [1.82, 2.24) is 9.80 Å². The molecule has 0 spiro atoms. The minimum atomic E-state index is 0.181. The Hall–Kier alpha value is -1.61. The van der Waals surface area contributed by atoms with Gasteiger partial charge >= 0.3 is 0 Å². The molecule has 1 aliphatic heterocycles. The molecule has 1 heterocycles. The molecule has 0 aromatic carbocycles. The van der Waals surface area contributed by atoms with Gasteiger partial charge in [-0.3, -0.25) is 4.79 Å². The molecule has 0 aliphatic carbocycles. The predicted octanol–water partition coefficient (Wildman–Crippen LogP) is 5.91. The van der Waals surface area contributed by atoms with Gasteiger partial charge in [-0.15, -0.1) is 0 Å². The Morgan fingerprint density at radius 2 is 1.18 bits per heavy atom. The average molecular weight is 387 g/mol. The van der Waals surface area contributed by atoms with Crippen LogP contribution in [0.15, 0.2) is 46.6 Å². The first-order valence-electron chi connectivity index (χ1n) is 10.9. The maximum atomic E-state index is 12.3. The summed E-state index contributed by atoms with van der Waals surface area (Å²) in [5, 5.41) is 0. The number of allylic oxidation sites excluding steroid dienone is 7. The van der Waals surface area contributed by atoms with E-state index in [1.54, 1.807) is 0 Å². The summed E-state index contributed by atoms with van der Waals surface area (Å²) in [6.45, 7) is 14.5. The van der Waals surface area contributed by atoms with E-state index in [-0.39, 0.29) is 5.91 Å². The fourth-order valence-electron chi connectivity index (χ4n) is 3.29. The van der Waals surface area contributed by atoms with Crippen LogP contribution < -0.4 is 0 Å². The van der Waals surface area contributed by atoms with Crippen molar-refractivity contribution in [2.75, 3.05) is 33.2 Å². The second-order valence-corrected chi connectivity index (χ2v) is 8.62. The minimum absolute atomic E-state index is 0.181. The zero-order valence-electron chi connectivity index (χ0n) is 19.2. The summed E-state index contributed by atoms with van der Waals surface area (Å²) < 4.78 is 0. The van der Waals surface area contributed by atoms with Crippen LogP contribution in [0.25, 0.3) is 0 Å². The number of likely N-dealkylation sites (N-methyl/N-ethyl adjacent to an activating group) is 1. The molecule has 0 atom stereocenters. The highest BCUT2D eigenvalue weighted by atomic mass is 16.2. The second kappa shape index (κ2) is 13.5. The Bertz CT molecular complexity index is 598. The van der Waals surface area contributed by atoms with Gasteiger partial charge in [0.2, 0.25) is 5.91 Å². The quantitative estimate of drug-likeness (QED) is 0.344. The number of amides is 1. The maximum Gasteiger partial charge on any atom is 0.246 e. The van der Waals surface area contributed by atoms with Gasteiger partial charge in [0.25, 0.3) is 0 Å². The van der Waals surface area contributed by atoms with E-state index in [0.29, 0.717) is 0 Å². The molecule has 28 heavy (non-hydrogen) atoms. The molecule has 3 nitrogen and oxygen atoms in total. The van der Waals surface area contributed by atoms with Crippen LogP contribution in [0, 0.1) is 0 Å². The van der Waals surface area contributed by atoms with E-state index >= 15 is 0 Å². The third kappa shape index (κ3) is 11.3. The van der Waals surface area contributed by atoms with E-state index in [0.717, 1.165) is 58.3 Å². The van der Waals surface area contributed by atoms with Crippen LogP contribution in [0.2, 0.25) is 0 Å². The first-order chi connectivity index (χ1) is 13.3. The smallest absolute Gasteiger partial charge is 0.246 e.